The second-order valence-corrected chi connectivity index (χ2v) is 3.56. The van der Waals surface area contributed by atoms with Gasteiger partial charge in [0.25, 0.3) is 0 Å². The molecule has 0 atom stereocenters. The first-order valence-electron chi connectivity index (χ1n) is 3.82. The third-order valence-electron chi connectivity index (χ3n) is 1.59. The van der Waals surface area contributed by atoms with Crippen molar-refractivity contribution in [2.45, 2.75) is 6.54 Å². The maximum atomic E-state index is 11.3. The van der Waals surface area contributed by atoms with Gasteiger partial charge in [0.15, 0.2) is 0 Å². The summed E-state index contributed by atoms with van der Waals surface area (Å²) in [4.78, 5) is 23.4. The third kappa shape index (κ3) is 1.77. The van der Waals surface area contributed by atoms with Crippen molar-refractivity contribution < 1.29 is 0 Å². The Morgan fingerprint density at radius 1 is 1.57 bits per heavy atom. The van der Waals surface area contributed by atoms with E-state index in [4.69, 9.17) is 5.73 Å². The summed E-state index contributed by atoms with van der Waals surface area (Å²) in [5.41, 5.74) is 6.57. The van der Waals surface area contributed by atoms with Gasteiger partial charge in [-0.3, -0.25) is 9.55 Å². The van der Waals surface area contributed by atoms with Crippen LogP contribution in [0.25, 0.3) is 0 Å². The molecule has 0 amide bonds. The van der Waals surface area contributed by atoms with Gasteiger partial charge in [0, 0.05) is 11.1 Å². The lowest BCUT2D eigenvalue weighted by Gasteiger charge is -2.00. The third-order valence-corrected chi connectivity index (χ3v) is 2.36. The van der Waals surface area contributed by atoms with Crippen LogP contribution in [0, 0.1) is 0 Å². The minimum atomic E-state index is -0.397. The van der Waals surface area contributed by atoms with Crippen LogP contribution >= 0.6 is 11.3 Å². The highest BCUT2D eigenvalue weighted by Gasteiger charge is 2.00. The predicted molar refractivity (Wildman–Crippen MR) is 51.9 cm³/mol. The molecule has 0 radical (unpaired) electrons. The van der Waals surface area contributed by atoms with Gasteiger partial charge in [-0.15, -0.1) is 11.3 Å². The number of thiazole rings is 1. The fourth-order valence-corrected chi connectivity index (χ4v) is 1.56. The largest absolute Gasteiger partial charge is 0.368 e. The van der Waals surface area contributed by atoms with Crippen molar-refractivity contribution in [2.75, 3.05) is 5.73 Å². The number of nitrogen functional groups attached to an aromatic ring is 1. The lowest BCUT2D eigenvalue weighted by atomic mass is 10.5. The summed E-state index contributed by atoms with van der Waals surface area (Å²) in [7, 11) is 0. The molecule has 0 unspecified atom stereocenters. The summed E-state index contributed by atoms with van der Waals surface area (Å²) in [5, 5.41) is 0. The van der Waals surface area contributed by atoms with E-state index in [-0.39, 0.29) is 5.95 Å². The van der Waals surface area contributed by atoms with Gasteiger partial charge in [0.05, 0.1) is 12.1 Å². The van der Waals surface area contributed by atoms with Crippen LogP contribution in [-0.2, 0) is 6.54 Å². The molecular weight excluding hydrogens is 202 g/mol. The molecule has 0 aliphatic heterocycles. The molecular formula is C7H7N5OS. The molecule has 2 N–H and O–H groups in total. The van der Waals surface area contributed by atoms with E-state index in [1.165, 1.54) is 22.2 Å². The van der Waals surface area contributed by atoms with Gasteiger partial charge in [-0.1, -0.05) is 0 Å². The SMILES string of the molecule is Nc1ncn(Cc2cncs2)c(=O)n1. The number of rotatable bonds is 2. The van der Waals surface area contributed by atoms with Gasteiger partial charge >= 0.3 is 5.69 Å². The van der Waals surface area contributed by atoms with Crippen LogP contribution in [0.1, 0.15) is 4.88 Å². The first-order valence-corrected chi connectivity index (χ1v) is 4.70. The van der Waals surface area contributed by atoms with Gasteiger partial charge in [0.1, 0.15) is 6.33 Å². The van der Waals surface area contributed by atoms with Crippen LogP contribution in [0.15, 0.2) is 22.8 Å². The highest BCUT2D eigenvalue weighted by molar-refractivity contribution is 7.09. The predicted octanol–water partition coefficient (Wildman–Crippen LogP) is -0.275. The Morgan fingerprint density at radius 2 is 2.43 bits per heavy atom. The summed E-state index contributed by atoms with van der Waals surface area (Å²) in [6, 6.07) is 0. The Hall–Kier alpha value is -1.76. The molecule has 0 aliphatic rings. The molecule has 2 aromatic heterocycles. The second-order valence-electron chi connectivity index (χ2n) is 2.59. The van der Waals surface area contributed by atoms with E-state index in [0.29, 0.717) is 6.54 Å². The van der Waals surface area contributed by atoms with Gasteiger partial charge in [-0.05, 0) is 0 Å². The monoisotopic (exact) mass is 209 g/mol. The molecule has 0 bridgehead atoms. The van der Waals surface area contributed by atoms with Crippen molar-refractivity contribution in [1.29, 1.82) is 0 Å². The molecule has 0 saturated carbocycles. The zero-order valence-corrected chi connectivity index (χ0v) is 7.94. The number of anilines is 1. The molecule has 0 saturated heterocycles. The Morgan fingerprint density at radius 3 is 3.07 bits per heavy atom. The van der Waals surface area contributed by atoms with Crippen LogP contribution < -0.4 is 11.4 Å². The molecule has 2 heterocycles. The van der Waals surface area contributed by atoms with Crippen LogP contribution in [0.3, 0.4) is 0 Å². The first kappa shape index (κ1) is 8.82. The average Bonchev–Trinajstić information content (AvgIpc) is 2.62. The number of aromatic nitrogens is 4. The van der Waals surface area contributed by atoms with Crippen molar-refractivity contribution in [1.82, 2.24) is 19.5 Å². The Bertz CT molecular complexity index is 477. The number of nitrogens with two attached hydrogens (primary N) is 1. The van der Waals surface area contributed by atoms with Crippen LogP contribution in [-0.4, -0.2) is 19.5 Å². The van der Waals surface area contributed by atoms with Crippen LogP contribution in [0.2, 0.25) is 0 Å². The van der Waals surface area contributed by atoms with Gasteiger partial charge in [0.2, 0.25) is 5.95 Å². The lowest BCUT2D eigenvalue weighted by Crippen LogP contribution is -2.24. The maximum Gasteiger partial charge on any atom is 0.352 e. The summed E-state index contributed by atoms with van der Waals surface area (Å²) in [6.07, 6.45) is 3.08. The molecule has 7 heteroatoms. The molecule has 2 rings (SSSR count). The van der Waals surface area contributed by atoms with E-state index in [1.54, 1.807) is 11.7 Å². The number of nitrogens with zero attached hydrogens (tertiary/aromatic N) is 4. The van der Waals surface area contributed by atoms with E-state index >= 15 is 0 Å². The van der Waals surface area contributed by atoms with Crippen molar-refractivity contribution >= 4 is 17.3 Å². The average molecular weight is 209 g/mol. The van der Waals surface area contributed by atoms with Gasteiger partial charge in [-0.2, -0.15) is 4.98 Å². The standard InChI is InChI=1S/C7H7N5OS/c8-6-10-3-12(7(13)11-6)2-5-1-9-4-14-5/h1,3-4H,2H2,(H2,8,11,13). The number of hydrogen-bond acceptors (Lipinski definition) is 6. The molecule has 0 aliphatic carbocycles. The van der Waals surface area contributed by atoms with Crippen molar-refractivity contribution in [3.05, 3.63) is 33.4 Å². The van der Waals surface area contributed by atoms with Gasteiger partial charge < -0.3 is 5.73 Å². The quantitative estimate of drug-likeness (QED) is 0.735. The van der Waals surface area contributed by atoms with Gasteiger partial charge in [-0.25, -0.2) is 9.78 Å². The molecule has 6 nitrogen and oxygen atoms in total. The minimum absolute atomic E-state index is 0.00412. The Labute approximate surface area is 83.1 Å². The van der Waals surface area contributed by atoms with E-state index in [9.17, 15) is 4.79 Å². The fourth-order valence-electron chi connectivity index (χ4n) is 0.966. The summed E-state index contributed by atoms with van der Waals surface area (Å²) >= 11 is 1.47. The van der Waals surface area contributed by atoms with E-state index < -0.39 is 5.69 Å². The minimum Gasteiger partial charge on any atom is -0.368 e. The normalized spacial score (nSPS) is 10.3. The zero-order valence-electron chi connectivity index (χ0n) is 7.12. The zero-order chi connectivity index (χ0) is 9.97. The van der Waals surface area contributed by atoms with E-state index in [0.717, 1.165) is 4.88 Å². The van der Waals surface area contributed by atoms with Crippen molar-refractivity contribution in [3.8, 4) is 0 Å². The Balaban J connectivity index is 2.30. The first-order chi connectivity index (χ1) is 6.75. The molecule has 2 aromatic rings. The summed E-state index contributed by atoms with van der Waals surface area (Å²) in [6.45, 7) is 0.434. The van der Waals surface area contributed by atoms with Crippen molar-refractivity contribution in [2.24, 2.45) is 0 Å². The van der Waals surface area contributed by atoms with Crippen LogP contribution in [0.5, 0.6) is 0 Å². The molecule has 0 fully saturated rings. The maximum absolute atomic E-state index is 11.3. The van der Waals surface area contributed by atoms with Crippen molar-refractivity contribution in [3.63, 3.8) is 0 Å². The smallest absolute Gasteiger partial charge is 0.352 e. The van der Waals surface area contributed by atoms with E-state index in [2.05, 4.69) is 15.0 Å². The second kappa shape index (κ2) is 3.54. The molecule has 72 valence electrons. The highest BCUT2D eigenvalue weighted by Crippen LogP contribution is 2.05. The lowest BCUT2D eigenvalue weighted by molar-refractivity contribution is 0.710. The Kier molecular flexibility index (Phi) is 2.23. The highest BCUT2D eigenvalue weighted by atomic mass is 32.1. The molecule has 0 spiro atoms. The summed E-state index contributed by atoms with van der Waals surface area (Å²) < 4.78 is 1.38. The topological polar surface area (TPSA) is 86.7 Å². The van der Waals surface area contributed by atoms with E-state index in [1.807, 2.05) is 0 Å². The molecule has 0 aromatic carbocycles. The fraction of sp³-hybridized carbons (Fsp3) is 0.143. The number of hydrogen-bond donors (Lipinski definition) is 1. The summed E-state index contributed by atoms with van der Waals surface area (Å²) in [5.74, 6) is -0.00412. The molecule has 14 heavy (non-hydrogen) atoms. The van der Waals surface area contributed by atoms with Crippen LogP contribution in [0.4, 0.5) is 5.95 Å².